The Labute approximate surface area is 145 Å². The lowest BCUT2D eigenvalue weighted by atomic mass is 10.1. The Morgan fingerprint density at radius 3 is 2.21 bits per heavy atom. The fourth-order valence-electron chi connectivity index (χ4n) is 2.11. The number of benzene rings is 2. The number of carbonyl (C=O) groups is 2. The van der Waals surface area contributed by atoms with Crippen LogP contribution in [0.15, 0.2) is 48.5 Å². The van der Waals surface area contributed by atoms with Gasteiger partial charge in [-0.1, -0.05) is 36.7 Å². The third-order valence-corrected chi connectivity index (χ3v) is 3.64. The number of amides is 2. The van der Waals surface area contributed by atoms with Crippen LogP contribution in [0, 0.1) is 0 Å². The summed E-state index contributed by atoms with van der Waals surface area (Å²) in [5, 5.41) is 16.1. The third kappa shape index (κ3) is 5.37. The molecular weight excluding hydrogens is 328 g/mol. The van der Waals surface area contributed by atoms with Crippen LogP contribution in [0.1, 0.15) is 31.4 Å². The van der Waals surface area contributed by atoms with Crippen LogP contribution < -0.4 is 10.6 Å². The van der Waals surface area contributed by atoms with E-state index in [0.29, 0.717) is 28.4 Å². The van der Waals surface area contributed by atoms with Gasteiger partial charge in [0.25, 0.3) is 0 Å². The quantitative estimate of drug-likeness (QED) is 0.745. The number of hydrogen-bond donors (Lipinski definition) is 3. The fourth-order valence-corrected chi connectivity index (χ4v) is 2.24. The van der Waals surface area contributed by atoms with E-state index in [1.54, 1.807) is 55.5 Å². The lowest BCUT2D eigenvalue weighted by Gasteiger charge is -2.12. The maximum Gasteiger partial charge on any atom is 0.227 e. The van der Waals surface area contributed by atoms with E-state index in [4.69, 9.17) is 11.6 Å². The number of nitrogens with one attached hydrogen (secondary N) is 2. The molecule has 126 valence electrons. The van der Waals surface area contributed by atoms with Crippen LogP contribution in [0.5, 0.6) is 0 Å². The minimum Gasteiger partial charge on any atom is -0.388 e. The molecule has 0 fully saturated rings. The molecule has 6 heteroatoms. The van der Waals surface area contributed by atoms with Crippen LogP contribution in [0.25, 0.3) is 0 Å². The lowest BCUT2D eigenvalue weighted by Crippen LogP contribution is -2.16. The van der Waals surface area contributed by atoms with E-state index in [-0.39, 0.29) is 18.2 Å². The third-order valence-electron chi connectivity index (χ3n) is 3.38. The van der Waals surface area contributed by atoms with Crippen molar-refractivity contribution in [2.24, 2.45) is 0 Å². The molecule has 1 atom stereocenters. The number of carbonyl (C=O) groups excluding carboxylic acids is 2. The van der Waals surface area contributed by atoms with Gasteiger partial charge in [-0.3, -0.25) is 9.59 Å². The summed E-state index contributed by atoms with van der Waals surface area (Å²) < 4.78 is 0. The van der Waals surface area contributed by atoms with Gasteiger partial charge in [0.2, 0.25) is 11.8 Å². The van der Waals surface area contributed by atoms with E-state index in [1.807, 2.05) is 0 Å². The summed E-state index contributed by atoms with van der Waals surface area (Å²) in [5.41, 5.74) is 1.79. The first-order valence-corrected chi connectivity index (χ1v) is 7.99. The predicted octanol–water partition coefficient (Wildman–Crippen LogP) is 3.75. The van der Waals surface area contributed by atoms with Gasteiger partial charge in [0.15, 0.2) is 0 Å². The number of anilines is 2. The van der Waals surface area contributed by atoms with Gasteiger partial charge < -0.3 is 15.7 Å². The Hall–Kier alpha value is -2.37. The second-order valence-electron chi connectivity index (χ2n) is 5.30. The molecule has 0 aliphatic heterocycles. The van der Waals surface area contributed by atoms with Crippen LogP contribution in [0.3, 0.4) is 0 Å². The zero-order chi connectivity index (χ0) is 17.5. The first kappa shape index (κ1) is 18.0. The van der Waals surface area contributed by atoms with Crippen LogP contribution in [0.2, 0.25) is 5.02 Å². The standard InChI is InChI=1S/C18H19ClN2O3/c1-2-17(23)20-14-4-3-5-15(10-14)21-18(24)11-16(22)12-6-8-13(19)9-7-12/h3-10,16,22H,2,11H2,1H3,(H,20,23)(H,21,24). The van der Waals surface area contributed by atoms with Gasteiger partial charge in [0.05, 0.1) is 12.5 Å². The van der Waals surface area contributed by atoms with Crippen molar-refractivity contribution in [1.82, 2.24) is 0 Å². The van der Waals surface area contributed by atoms with E-state index >= 15 is 0 Å². The Bertz CT molecular complexity index is 716. The smallest absolute Gasteiger partial charge is 0.227 e. The van der Waals surface area contributed by atoms with Crippen molar-refractivity contribution >= 4 is 34.8 Å². The number of hydrogen-bond acceptors (Lipinski definition) is 3. The summed E-state index contributed by atoms with van der Waals surface area (Å²) in [6, 6.07) is 13.6. The minimum atomic E-state index is -0.912. The Morgan fingerprint density at radius 2 is 1.62 bits per heavy atom. The molecule has 0 heterocycles. The molecule has 0 bridgehead atoms. The summed E-state index contributed by atoms with van der Waals surface area (Å²) >= 11 is 5.80. The predicted molar refractivity (Wildman–Crippen MR) is 95.0 cm³/mol. The van der Waals surface area contributed by atoms with E-state index in [0.717, 1.165) is 0 Å². The summed E-state index contributed by atoms with van der Waals surface area (Å²) in [6.07, 6.45) is -0.609. The molecule has 0 aliphatic carbocycles. The SMILES string of the molecule is CCC(=O)Nc1cccc(NC(=O)CC(O)c2ccc(Cl)cc2)c1. The van der Waals surface area contributed by atoms with Crippen molar-refractivity contribution in [3.63, 3.8) is 0 Å². The molecule has 0 aliphatic rings. The zero-order valence-corrected chi connectivity index (χ0v) is 14.0. The molecule has 2 rings (SSSR count). The maximum atomic E-state index is 12.1. The molecule has 2 aromatic rings. The summed E-state index contributed by atoms with van der Waals surface area (Å²) in [5.74, 6) is -0.423. The number of aliphatic hydroxyl groups excluding tert-OH is 1. The fraction of sp³-hybridized carbons (Fsp3) is 0.222. The second kappa shape index (κ2) is 8.47. The Balaban J connectivity index is 1.95. The van der Waals surface area contributed by atoms with E-state index < -0.39 is 6.10 Å². The van der Waals surface area contributed by atoms with Gasteiger partial charge in [-0.15, -0.1) is 0 Å². The summed E-state index contributed by atoms with van der Waals surface area (Å²) in [7, 11) is 0. The molecule has 2 amide bonds. The molecule has 0 saturated carbocycles. The number of halogens is 1. The minimum absolute atomic E-state index is 0.0762. The first-order valence-electron chi connectivity index (χ1n) is 7.61. The van der Waals surface area contributed by atoms with Gasteiger partial charge in [0.1, 0.15) is 0 Å². The average Bonchev–Trinajstić information content (AvgIpc) is 2.55. The van der Waals surface area contributed by atoms with Crippen LogP contribution >= 0.6 is 11.6 Å². The molecule has 0 saturated heterocycles. The Morgan fingerprint density at radius 1 is 1.04 bits per heavy atom. The van der Waals surface area contributed by atoms with Crippen molar-refractivity contribution in [2.45, 2.75) is 25.9 Å². The Kier molecular flexibility index (Phi) is 6.35. The molecule has 0 radical (unpaired) electrons. The van der Waals surface area contributed by atoms with Crippen molar-refractivity contribution in [1.29, 1.82) is 0 Å². The lowest BCUT2D eigenvalue weighted by molar-refractivity contribution is -0.118. The van der Waals surface area contributed by atoms with E-state index in [2.05, 4.69) is 10.6 Å². The van der Waals surface area contributed by atoms with Crippen molar-refractivity contribution in [2.75, 3.05) is 10.6 Å². The van der Waals surface area contributed by atoms with Gasteiger partial charge in [0, 0.05) is 22.8 Å². The van der Waals surface area contributed by atoms with E-state index in [9.17, 15) is 14.7 Å². The van der Waals surface area contributed by atoms with Gasteiger partial charge >= 0.3 is 0 Å². The monoisotopic (exact) mass is 346 g/mol. The maximum absolute atomic E-state index is 12.1. The van der Waals surface area contributed by atoms with Crippen molar-refractivity contribution in [3.05, 3.63) is 59.1 Å². The average molecular weight is 347 g/mol. The number of rotatable bonds is 6. The normalized spacial score (nSPS) is 11.6. The summed E-state index contributed by atoms with van der Waals surface area (Å²) in [6.45, 7) is 1.76. The van der Waals surface area contributed by atoms with E-state index in [1.165, 1.54) is 0 Å². The molecule has 5 nitrogen and oxygen atoms in total. The van der Waals surface area contributed by atoms with Crippen LogP contribution in [-0.4, -0.2) is 16.9 Å². The van der Waals surface area contributed by atoms with Crippen LogP contribution in [0.4, 0.5) is 11.4 Å². The largest absolute Gasteiger partial charge is 0.388 e. The van der Waals surface area contributed by atoms with Gasteiger partial charge in [-0.05, 0) is 35.9 Å². The molecule has 24 heavy (non-hydrogen) atoms. The second-order valence-corrected chi connectivity index (χ2v) is 5.74. The van der Waals surface area contributed by atoms with Crippen molar-refractivity contribution in [3.8, 4) is 0 Å². The zero-order valence-electron chi connectivity index (χ0n) is 13.3. The summed E-state index contributed by atoms with van der Waals surface area (Å²) in [4.78, 5) is 23.5. The number of aliphatic hydroxyl groups is 1. The highest BCUT2D eigenvalue weighted by atomic mass is 35.5. The van der Waals surface area contributed by atoms with Crippen molar-refractivity contribution < 1.29 is 14.7 Å². The molecule has 0 aromatic heterocycles. The highest BCUT2D eigenvalue weighted by Gasteiger charge is 2.13. The molecule has 3 N–H and O–H groups in total. The van der Waals surface area contributed by atoms with Gasteiger partial charge in [-0.2, -0.15) is 0 Å². The first-order chi connectivity index (χ1) is 11.5. The molecule has 2 aromatic carbocycles. The molecular formula is C18H19ClN2O3. The van der Waals surface area contributed by atoms with Crippen LogP contribution in [-0.2, 0) is 9.59 Å². The highest BCUT2D eigenvalue weighted by Crippen LogP contribution is 2.21. The van der Waals surface area contributed by atoms with Gasteiger partial charge in [-0.25, -0.2) is 0 Å². The molecule has 0 spiro atoms. The molecule has 1 unspecified atom stereocenters. The topological polar surface area (TPSA) is 78.4 Å². The highest BCUT2D eigenvalue weighted by molar-refractivity contribution is 6.30.